The molecule has 0 saturated carbocycles. The van der Waals surface area contributed by atoms with Crippen LogP contribution in [-0.2, 0) is 10.3 Å². The zero-order chi connectivity index (χ0) is 14.8. The summed E-state index contributed by atoms with van der Waals surface area (Å²) in [5.74, 6) is -1.22. The van der Waals surface area contributed by atoms with Crippen molar-refractivity contribution in [3.05, 3.63) is 71.3 Å². The number of rotatable bonds is 4. The van der Waals surface area contributed by atoms with Crippen LogP contribution in [0.2, 0.25) is 0 Å². The molecule has 2 aromatic rings. The molecule has 0 aliphatic rings. The van der Waals surface area contributed by atoms with Gasteiger partial charge in [0.1, 0.15) is 5.54 Å². The minimum absolute atomic E-state index is 0.105. The summed E-state index contributed by atoms with van der Waals surface area (Å²) in [5.41, 5.74) is 5.82. The van der Waals surface area contributed by atoms with Crippen LogP contribution in [0, 0.1) is 0 Å². The predicted molar refractivity (Wildman–Crippen MR) is 75.5 cm³/mol. The Bertz CT molecular complexity index is 631. The molecule has 0 aromatic heterocycles. The van der Waals surface area contributed by atoms with Gasteiger partial charge in [-0.2, -0.15) is 0 Å². The Hall–Kier alpha value is -2.46. The molecule has 0 saturated heterocycles. The summed E-state index contributed by atoms with van der Waals surface area (Å²) in [4.78, 5) is 23.3. The van der Waals surface area contributed by atoms with E-state index < -0.39 is 11.5 Å². The van der Waals surface area contributed by atoms with Gasteiger partial charge in [0.2, 0.25) is 0 Å². The average molecular weight is 269 g/mol. The topological polar surface area (TPSA) is 80.4 Å². The number of carbonyl (C=O) groups excluding carboxylic acids is 1. The number of hydrogen-bond donors (Lipinski definition) is 2. The van der Waals surface area contributed by atoms with Crippen LogP contribution < -0.4 is 5.73 Å². The minimum Gasteiger partial charge on any atom is -0.480 e. The summed E-state index contributed by atoms with van der Waals surface area (Å²) < 4.78 is 0. The first-order chi connectivity index (χ1) is 9.43. The van der Waals surface area contributed by atoms with E-state index in [0.29, 0.717) is 16.7 Å². The Kier molecular flexibility index (Phi) is 3.68. The first kappa shape index (κ1) is 14.0. The molecular weight excluding hydrogens is 254 g/mol. The number of hydrogen-bond acceptors (Lipinski definition) is 3. The number of carboxylic acids is 1. The first-order valence-electron chi connectivity index (χ1n) is 6.15. The van der Waals surface area contributed by atoms with Crippen molar-refractivity contribution in [1.29, 1.82) is 0 Å². The smallest absolute Gasteiger partial charge is 0.328 e. The van der Waals surface area contributed by atoms with E-state index in [1.807, 2.05) is 6.07 Å². The zero-order valence-corrected chi connectivity index (χ0v) is 11.0. The monoisotopic (exact) mass is 269 g/mol. The van der Waals surface area contributed by atoms with Crippen LogP contribution >= 0.6 is 0 Å². The fourth-order valence-electron chi connectivity index (χ4n) is 1.85. The lowest BCUT2D eigenvalue weighted by Gasteiger charge is -2.19. The van der Waals surface area contributed by atoms with E-state index in [-0.39, 0.29) is 5.78 Å². The molecule has 0 aliphatic heterocycles. The predicted octanol–water partition coefficient (Wildman–Crippen LogP) is 2.18. The van der Waals surface area contributed by atoms with E-state index in [1.165, 1.54) is 6.92 Å². The van der Waals surface area contributed by atoms with Crippen LogP contribution in [0.4, 0.5) is 0 Å². The van der Waals surface area contributed by atoms with Crippen LogP contribution in [0.3, 0.4) is 0 Å². The van der Waals surface area contributed by atoms with Gasteiger partial charge in [0.05, 0.1) is 0 Å². The number of carbonyl (C=O) groups is 2. The highest BCUT2D eigenvalue weighted by molar-refractivity contribution is 6.09. The molecule has 0 bridgehead atoms. The Balaban J connectivity index is 2.30. The second-order valence-electron chi connectivity index (χ2n) is 4.78. The third-order valence-corrected chi connectivity index (χ3v) is 3.23. The third kappa shape index (κ3) is 2.60. The largest absolute Gasteiger partial charge is 0.480 e. The van der Waals surface area contributed by atoms with Gasteiger partial charge < -0.3 is 10.8 Å². The second-order valence-corrected chi connectivity index (χ2v) is 4.78. The Morgan fingerprint density at radius 3 is 1.95 bits per heavy atom. The van der Waals surface area contributed by atoms with Crippen LogP contribution in [0.5, 0.6) is 0 Å². The van der Waals surface area contributed by atoms with Crippen molar-refractivity contribution in [2.45, 2.75) is 12.5 Å². The number of carboxylic acid groups (broad SMARTS) is 1. The van der Waals surface area contributed by atoms with E-state index in [2.05, 4.69) is 0 Å². The second kappa shape index (κ2) is 5.27. The molecule has 0 aliphatic carbocycles. The molecule has 3 N–H and O–H groups in total. The molecule has 1 atom stereocenters. The van der Waals surface area contributed by atoms with Crippen molar-refractivity contribution in [2.24, 2.45) is 5.73 Å². The highest BCUT2D eigenvalue weighted by atomic mass is 16.4. The molecular formula is C16H15NO3. The summed E-state index contributed by atoms with van der Waals surface area (Å²) in [6.45, 7) is 1.42. The van der Waals surface area contributed by atoms with Gasteiger partial charge in [0.15, 0.2) is 5.78 Å². The molecule has 0 fully saturated rings. The van der Waals surface area contributed by atoms with Gasteiger partial charge in [-0.15, -0.1) is 0 Å². The lowest BCUT2D eigenvalue weighted by Crippen LogP contribution is -2.41. The van der Waals surface area contributed by atoms with Gasteiger partial charge in [-0.3, -0.25) is 4.79 Å². The molecule has 0 amide bonds. The Morgan fingerprint density at radius 2 is 1.45 bits per heavy atom. The number of benzene rings is 2. The SMILES string of the molecule is CC(N)(C(=O)O)c1ccc(C(=O)c2ccccc2)cc1. The number of ketones is 1. The van der Waals surface area contributed by atoms with Crippen LogP contribution in [-0.4, -0.2) is 16.9 Å². The molecule has 0 heterocycles. The lowest BCUT2D eigenvalue weighted by molar-refractivity contribution is -0.143. The molecule has 4 nitrogen and oxygen atoms in total. The van der Waals surface area contributed by atoms with Crippen molar-refractivity contribution in [3.63, 3.8) is 0 Å². The summed E-state index contributed by atoms with van der Waals surface area (Å²) in [7, 11) is 0. The maximum atomic E-state index is 12.2. The highest BCUT2D eigenvalue weighted by Gasteiger charge is 2.30. The summed E-state index contributed by atoms with van der Waals surface area (Å²) in [6.07, 6.45) is 0. The maximum absolute atomic E-state index is 12.2. The molecule has 2 rings (SSSR count). The molecule has 20 heavy (non-hydrogen) atoms. The van der Waals surface area contributed by atoms with Gasteiger partial charge >= 0.3 is 5.97 Å². The number of nitrogens with two attached hydrogens (primary N) is 1. The van der Waals surface area contributed by atoms with Crippen molar-refractivity contribution in [3.8, 4) is 0 Å². The van der Waals surface area contributed by atoms with Gasteiger partial charge in [-0.05, 0) is 12.5 Å². The van der Waals surface area contributed by atoms with E-state index in [4.69, 9.17) is 10.8 Å². The molecule has 4 heteroatoms. The standard InChI is InChI=1S/C16H15NO3/c1-16(17,15(19)20)13-9-7-12(8-10-13)14(18)11-5-3-2-4-6-11/h2-10H,17H2,1H3,(H,19,20). The molecule has 1 unspecified atom stereocenters. The van der Waals surface area contributed by atoms with E-state index in [9.17, 15) is 9.59 Å². The molecule has 0 radical (unpaired) electrons. The molecule has 102 valence electrons. The van der Waals surface area contributed by atoms with Gasteiger partial charge in [-0.1, -0.05) is 54.6 Å². The van der Waals surface area contributed by atoms with Gasteiger partial charge in [-0.25, -0.2) is 4.79 Å². The van der Waals surface area contributed by atoms with Crippen molar-refractivity contribution < 1.29 is 14.7 Å². The number of aliphatic carboxylic acids is 1. The fourth-order valence-corrected chi connectivity index (χ4v) is 1.85. The van der Waals surface area contributed by atoms with Gasteiger partial charge in [0, 0.05) is 11.1 Å². The summed E-state index contributed by atoms with van der Waals surface area (Å²) in [5, 5.41) is 9.06. The quantitative estimate of drug-likeness (QED) is 0.834. The van der Waals surface area contributed by atoms with Crippen LogP contribution in [0.1, 0.15) is 28.4 Å². The third-order valence-electron chi connectivity index (χ3n) is 3.23. The summed E-state index contributed by atoms with van der Waals surface area (Å²) in [6, 6.07) is 15.2. The van der Waals surface area contributed by atoms with E-state index in [1.54, 1.807) is 48.5 Å². The summed E-state index contributed by atoms with van der Waals surface area (Å²) >= 11 is 0. The molecule has 2 aromatic carbocycles. The highest BCUT2D eigenvalue weighted by Crippen LogP contribution is 2.19. The lowest BCUT2D eigenvalue weighted by atomic mass is 9.91. The minimum atomic E-state index is -1.46. The van der Waals surface area contributed by atoms with Crippen LogP contribution in [0.25, 0.3) is 0 Å². The van der Waals surface area contributed by atoms with Crippen molar-refractivity contribution >= 4 is 11.8 Å². The normalized spacial score (nSPS) is 13.5. The van der Waals surface area contributed by atoms with Gasteiger partial charge in [0.25, 0.3) is 0 Å². The van der Waals surface area contributed by atoms with Crippen LogP contribution in [0.15, 0.2) is 54.6 Å². The fraction of sp³-hybridized carbons (Fsp3) is 0.125. The van der Waals surface area contributed by atoms with Crippen molar-refractivity contribution in [2.75, 3.05) is 0 Å². The zero-order valence-electron chi connectivity index (χ0n) is 11.0. The molecule has 0 spiro atoms. The van der Waals surface area contributed by atoms with Crippen molar-refractivity contribution in [1.82, 2.24) is 0 Å². The Morgan fingerprint density at radius 1 is 0.950 bits per heavy atom. The maximum Gasteiger partial charge on any atom is 0.328 e. The van der Waals surface area contributed by atoms with E-state index in [0.717, 1.165) is 0 Å². The average Bonchev–Trinajstić information content (AvgIpc) is 2.47. The first-order valence-corrected chi connectivity index (χ1v) is 6.15. The van der Waals surface area contributed by atoms with E-state index >= 15 is 0 Å². The Labute approximate surface area is 116 Å².